The average molecular weight is 370 g/mol. The molecule has 0 fully saturated rings. The summed E-state index contributed by atoms with van der Waals surface area (Å²) in [6.07, 6.45) is 2.27. The zero-order chi connectivity index (χ0) is 17.9. The van der Waals surface area contributed by atoms with Crippen LogP contribution in [0.3, 0.4) is 0 Å². The molecule has 0 bridgehead atoms. The van der Waals surface area contributed by atoms with Gasteiger partial charge in [0.1, 0.15) is 5.15 Å². The Morgan fingerprint density at radius 2 is 2.04 bits per heavy atom. The van der Waals surface area contributed by atoms with Crippen molar-refractivity contribution >= 4 is 34.7 Å². The molecule has 1 aromatic heterocycles. The van der Waals surface area contributed by atoms with Crippen molar-refractivity contribution in [2.24, 2.45) is 0 Å². The first-order valence-electron chi connectivity index (χ1n) is 7.68. The molecule has 1 heterocycles. The summed E-state index contributed by atoms with van der Waals surface area (Å²) in [7, 11) is 1.60. The van der Waals surface area contributed by atoms with Gasteiger partial charge in [0.15, 0.2) is 5.82 Å². The maximum atomic E-state index is 12.8. The van der Waals surface area contributed by atoms with Gasteiger partial charge in [-0.2, -0.15) is 0 Å². The molecule has 0 spiro atoms. The molecular weight excluding hydrogens is 349 g/mol. The summed E-state index contributed by atoms with van der Waals surface area (Å²) in [5, 5.41) is 3.80. The second-order valence-electron chi connectivity index (χ2n) is 5.71. The van der Waals surface area contributed by atoms with Crippen LogP contribution in [-0.4, -0.2) is 23.3 Å². The molecule has 0 aliphatic carbocycles. The molecule has 1 atom stereocenters. The molecule has 0 radical (unpaired) electrons. The largest absolute Gasteiger partial charge is 0.383 e. The monoisotopic (exact) mass is 369 g/mol. The van der Waals surface area contributed by atoms with Crippen molar-refractivity contribution in [3.63, 3.8) is 0 Å². The van der Waals surface area contributed by atoms with Gasteiger partial charge in [-0.05, 0) is 37.5 Å². The highest BCUT2D eigenvalue weighted by atomic mass is 35.5. The second kappa shape index (κ2) is 8.01. The molecule has 0 aliphatic heterocycles. The van der Waals surface area contributed by atoms with E-state index in [1.54, 1.807) is 11.7 Å². The maximum Gasteiger partial charge on any atom is 0.294 e. The highest BCUT2D eigenvalue weighted by Gasteiger charge is 2.16. The fourth-order valence-corrected chi connectivity index (χ4v) is 3.17. The van der Waals surface area contributed by atoms with Gasteiger partial charge in [-0.1, -0.05) is 36.2 Å². The molecule has 1 unspecified atom stereocenters. The van der Waals surface area contributed by atoms with Crippen LogP contribution in [0, 0.1) is 13.8 Å². The molecule has 24 heavy (non-hydrogen) atoms. The van der Waals surface area contributed by atoms with E-state index in [4.69, 9.17) is 27.9 Å². The Balaban J connectivity index is 2.49. The van der Waals surface area contributed by atoms with Gasteiger partial charge >= 0.3 is 0 Å². The SMILES string of the molecule is CCC(COC)n1cc(Cl)nc(Nc2c(C)cc(C)cc2Cl)c1=O. The summed E-state index contributed by atoms with van der Waals surface area (Å²) in [6, 6.07) is 3.70. The smallest absolute Gasteiger partial charge is 0.294 e. The Morgan fingerprint density at radius 3 is 2.62 bits per heavy atom. The van der Waals surface area contributed by atoms with E-state index < -0.39 is 0 Å². The van der Waals surface area contributed by atoms with Gasteiger partial charge in [-0.15, -0.1) is 0 Å². The van der Waals surface area contributed by atoms with Crippen molar-refractivity contribution in [3.8, 4) is 0 Å². The fraction of sp³-hybridized carbons (Fsp3) is 0.412. The lowest BCUT2D eigenvalue weighted by Crippen LogP contribution is -2.29. The number of hydrogen-bond donors (Lipinski definition) is 1. The van der Waals surface area contributed by atoms with E-state index in [9.17, 15) is 4.79 Å². The number of ether oxygens (including phenoxy) is 1. The lowest BCUT2D eigenvalue weighted by Gasteiger charge is -2.19. The lowest BCUT2D eigenvalue weighted by molar-refractivity contribution is 0.151. The first kappa shape index (κ1) is 18.8. The Bertz CT molecular complexity index is 767. The number of methoxy groups -OCH3 is 1. The van der Waals surface area contributed by atoms with E-state index in [0.29, 0.717) is 17.3 Å². The Kier molecular flexibility index (Phi) is 6.27. The molecule has 0 saturated carbocycles. The average Bonchev–Trinajstić information content (AvgIpc) is 2.51. The maximum absolute atomic E-state index is 12.8. The van der Waals surface area contributed by atoms with Crippen molar-refractivity contribution in [3.05, 3.63) is 50.0 Å². The number of anilines is 2. The predicted molar refractivity (Wildman–Crippen MR) is 98.9 cm³/mol. The molecule has 0 aliphatic rings. The standard InChI is InChI=1S/C17H21Cl2N3O2/c1-5-12(9-24-4)22-8-14(19)20-16(17(22)23)21-15-11(3)6-10(2)7-13(15)18/h6-8,12H,5,9H2,1-4H3,(H,20,21). The summed E-state index contributed by atoms with van der Waals surface area (Å²) in [4.78, 5) is 16.9. The number of halogens is 2. The number of aryl methyl sites for hydroxylation is 2. The van der Waals surface area contributed by atoms with Crippen LogP contribution in [0.4, 0.5) is 11.5 Å². The van der Waals surface area contributed by atoms with Crippen molar-refractivity contribution < 1.29 is 4.74 Å². The third-order valence-corrected chi connectivity index (χ3v) is 4.28. The Labute approximate surface area is 151 Å². The first-order chi connectivity index (χ1) is 11.4. The van der Waals surface area contributed by atoms with Crippen LogP contribution in [0.25, 0.3) is 0 Å². The van der Waals surface area contributed by atoms with E-state index in [1.807, 2.05) is 32.9 Å². The quantitative estimate of drug-likeness (QED) is 0.813. The van der Waals surface area contributed by atoms with Gasteiger partial charge in [0, 0.05) is 13.3 Å². The minimum atomic E-state index is -0.264. The van der Waals surface area contributed by atoms with Gasteiger partial charge in [-0.25, -0.2) is 4.98 Å². The minimum absolute atomic E-state index is 0.113. The van der Waals surface area contributed by atoms with Crippen molar-refractivity contribution in [1.82, 2.24) is 9.55 Å². The Morgan fingerprint density at radius 1 is 1.33 bits per heavy atom. The van der Waals surface area contributed by atoms with E-state index >= 15 is 0 Å². The number of benzene rings is 1. The van der Waals surface area contributed by atoms with Gasteiger partial charge < -0.3 is 14.6 Å². The lowest BCUT2D eigenvalue weighted by atomic mass is 10.1. The number of hydrogen-bond acceptors (Lipinski definition) is 4. The minimum Gasteiger partial charge on any atom is -0.383 e. The van der Waals surface area contributed by atoms with Crippen molar-refractivity contribution in [2.75, 3.05) is 19.0 Å². The highest BCUT2D eigenvalue weighted by Crippen LogP contribution is 2.29. The number of nitrogens with one attached hydrogen (secondary N) is 1. The van der Waals surface area contributed by atoms with Crippen molar-refractivity contribution in [1.29, 1.82) is 0 Å². The molecule has 1 N–H and O–H groups in total. The van der Waals surface area contributed by atoms with E-state index in [2.05, 4.69) is 10.3 Å². The van der Waals surface area contributed by atoms with Crippen LogP contribution in [0.2, 0.25) is 10.2 Å². The van der Waals surface area contributed by atoms with Crippen LogP contribution in [0.5, 0.6) is 0 Å². The van der Waals surface area contributed by atoms with Gasteiger partial charge in [0.05, 0.1) is 23.4 Å². The molecule has 0 amide bonds. The molecule has 130 valence electrons. The van der Waals surface area contributed by atoms with Crippen LogP contribution < -0.4 is 10.9 Å². The topological polar surface area (TPSA) is 56.1 Å². The predicted octanol–water partition coefficient (Wildman–Crippen LogP) is 4.51. The number of rotatable bonds is 6. The summed E-state index contributed by atoms with van der Waals surface area (Å²) in [5.41, 5.74) is 2.36. The van der Waals surface area contributed by atoms with E-state index in [-0.39, 0.29) is 22.6 Å². The molecule has 5 nitrogen and oxygen atoms in total. The number of nitrogens with zero attached hydrogens (tertiary/aromatic N) is 2. The summed E-state index contributed by atoms with van der Waals surface area (Å²) in [6.45, 7) is 6.28. The van der Waals surface area contributed by atoms with E-state index in [1.165, 1.54) is 6.20 Å². The fourth-order valence-electron chi connectivity index (χ4n) is 2.61. The molecular formula is C17H21Cl2N3O2. The van der Waals surface area contributed by atoms with Crippen LogP contribution in [0.1, 0.15) is 30.5 Å². The highest BCUT2D eigenvalue weighted by molar-refractivity contribution is 6.33. The van der Waals surface area contributed by atoms with E-state index in [0.717, 1.165) is 17.5 Å². The molecule has 2 aromatic rings. The van der Waals surface area contributed by atoms with Crippen LogP contribution >= 0.6 is 23.2 Å². The van der Waals surface area contributed by atoms with Gasteiger partial charge in [0.25, 0.3) is 5.56 Å². The summed E-state index contributed by atoms with van der Waals surface area (Å²) < 4.78 is 6.74. The molecule has 7 heteroatoms. The molecule has 0 saturated heterocycles. The van der Waals surface area contributed by atoms with Crippen LogP contribution in [-0.2, 0) is 4.74 Å². The Hall–Kier alpha value is -1.56. The van der Waals surface area contributed by atoms with Crippen molar-refractivity contribution in [2.45, 2.75) is 33.2 Å². The number of aromatic nitrogens is 2. The molecule has 2 rings (SSSR count). The van der Waals surface area contributed by atoms with Crippen LogP contribution in [0.15, 0.2) is 23.1 Å². The second-order valence-corrected chi connectivity index (χ2v) is 6.50. The van der Waals surface area contributed by atoms with Gasteiger partial charge in [-0.3, -0.25) is 4.79 Å². The first-order valence-corrected chi connectivity index (χ1v) is 8.44. The third-order valence-electron chi connectivity index (χ3n) is 3.80. The van der Waals surface area contributed by atoms with Gasteiger partial charge in [0.2, 0.25) is 0 Å². The molecule has 1 aromatic carbocycles. The summed E-state index contributed by atoms with van der Waals surface area (Å²) >= 11 is 12.4. The zero-order valence-corrected chi connectivity index (χ0v) is 15.7. The summed E-state index contributed by atoms with van der Waals surface area (Å²) in [5.74, 6) is 0.144. The normalized spacial score (nSPS) is 12.2. The third kappa shape index (κ3) is 4.09. The zero-order valence-electron chi connectivity index (χ0n) is 14.2.